The molecule has 1 saturated heterocycles. The molecule has 1 heterocycles. The topological polar surface area (TPSA) is 45.8 Å². The minimum absolute atomic E-state index is 0.268. The molecule has 3 rings (SSSR count). The molecule has 0 radical (unpaired) electrons. The summed E-state index contributed by atoms with van der Waals surface area (Å²) in [6.07, 6.45) is 0. The zero-order valence-electron chi connectivity index (χ0n) is 16.8. The van der Waals surface area contributed by atoms with Crippen molar-refractivity contribution in [3.8, 4) is 11.5 Å². The second kappa shape index (κ2) is 11.4. The van der Waals surface area contributed by atoms with Crippen LogP contribution in [-0.4, -0.2) is 50.8 Å². The fourth-order valence-corrected chi connectivity index (χ4v) is 3.56. The molecular weight excluding hydrogens is 393 g/mol. The largest absolute Gasteiger partial charge is 0.490 e. The number of nitrogens with one attached hydrogen (secondary N) is 2. The van der Waals surface area contributed by atoms with Crippen LogP contribution in [0.1, 0.15) is 18.1 Å². The minimum Gasteiger partial charge on any atom is -0.490 e. The van der Waals surface area contributed by atoms with Gasteiger partial charge in [0, 0.05) is 45.8 Å². The maximum atomic E-state index is 13.1. The van der Waals surface area contributed by atoms with Gasteiger partial charge in [-0.15, -0.1) is 0 Å². The van der Waals surface area contributed by atoms with Gasteiger partial charge in [0.25, 0.3) is 0 Å². The van der Waals surface area contributed by atoms with Crippen molar-refractivity contribution in [3.05, 3.63) is 58.4 Å². The number of halogens is 2. The van der Waals surface area contributed by atoms with Gasteiger partial charge in [0.2, 0.25) is 0 Å². The second-order valence-corrected chi connectivity index (χ2v) is 7.43. The molecule has 1 aliphatic heterocycles. The van der Waals surface area contributed by atoms with E-state index in [9.17, 15) is 4.39 Å². The zero-order chi connectivity index (χ0) is 20.5. The summed E-state index contributed by atoms with van der Waals surface area (Å²) in [5, 5.41) is 7.35. The van der Waals surface area contributed by atoms with Gasteiger partial charge >= 0.3 is 0 Å². The summed E-state index contributed by atoms with van der Waals surface area (Å²) in [6.45, 7) is 9.73. The second-order valence-electron chi connectivity index (χ2n) is 7.02. The van der Waals surface area contributed by atoms with Crippen molar-refractivity contribution in [2.75, 3.05) is 45.9 Å². The van der Waals surface area contributed by atoms with Gasteiger partial charge in [-0.05, 0) is 42.3 Å². The molecule has 7 heteroatoms. The van der Waals surface area contributed by atoms with E-state index in [-0.39, 0.29) is 5.82 Å². The Kier molecular flexibility index (Phi) is 8.55. The van der Waals surface area contributed by atoms with E-state index in [2.05, 4.69) is 15.5 Å². The Morgan fingerprint density at radius 3 is 2.59 bits per heavy atom. The van der Waals surface area contributed by atoms with Crippen LogP contribution >= 0.6 is 11.6 Å². The molecule has 158 valence electrons. The van der Waals surface area contributed by atoms with Crippen molar-refractivity contribution in [2.45, 2.75) is 20.1 Å². The highest BCUT2D eigenvalue weighted by Crippen LogP contribution is 2.37. The third-order valence-corrected chi connectivity index (χ3v) is 5.09. The summed E-state index contributed by atoms with van der Waals surface area (Å²) < 4.78 is 24.7. The quantitative estimate of drug-likeness (QED) is 0.575. The maximum absolute atomic E-state index is 13.1. The van der Waals surface area contributed by atoms with Crippen molar-refractivity contribution >= 4 is 11.6 Å². The monoisotopic (exact) mass is 421 g/mol. The predicted molar refractivity (Wildman–Crippen MR) is 114 cm³/mol. The Morgan fingerprint density at radius 1 is 1.10 bits per heavy atom. The number of rotatable bonds is 10. The Morgan fingerprint density at radius 2 is 1.86 bits per heavy atom. The van der Waals surface area contributed by atoms with Crippen LogP contribution in [-0.2, 0) is 13.2 Å². The highest BCUT2D eigenvalue weighted by molar-refractivity contribution is 6.32. The Hall–Kier alpha value is -1.86. The third kappa shape index (κ3) is 6.85. The molecular formula is C22H29ClFN3O2. The lowest BCUT2D eigenvalue weighted by Gasteiger charge is -2.27. The van der Waals surface area contributed by atoms with E-state index in [4.69, 9.17) is 21.1 Å². The van der Waals surface area contributed by atoms with Crippen LogP contribution in [0, 0.1) is 5.82 Å². The van der Waals surface area contributed by atoms with Crippen molar-refractivity contribution in [2.24, 2.45) is 0 Å². The fourth-order valence-electron chi connectivity index (χ4n) is 3.27. The summed E-state index contributed by atoms with van der Waals surface area (Å²) in [5.41, 5.74) is 1.91. The standard InChI is InChI=1S/C22H29ClFN3O2/c1-2-28-21-14-18(15-26-9-12-27-10-7-25-8-11-27)13-20(23)22(21)29-16-17-3-5-19(24)6-4-17/h3-6,13-14,25-26H,2,7-12,15-16H2,1H3. The van der Waals surface area contributed by atoms with E-state index in [1.54, 1.807) is 12.1 Å². The Labute approximate surface area is 177 Å². The van der Waals surface area contributed by atoms with Crippen LogP contribution in [0.5, 0.6) is 11.5 Å². The number of hydrogen-bond acceptors (Lipinski definition) is 5. The van der Waals surface area contributed by atoms with E-state index >= 15 is 0 Å². The molecule has 5 nitrogen and oxygen atoms in total. The molecule has 0 spiro atoms. The van der Waals surface area contributed by atoms with Crippen molar-refractivity contribution in [1.29, 1.82) is 0 Å². The number of piperazine rings is 1. The molecule has 0 atom stereocenters. The summed E-state index contributed by atoms with van der Waals surface area (Å²) in [5.74, 6) is 0.874. The summed E-state index contributed by atoms with van der Waals surface area (Å²) in [6, 6.07) is 10.1. The first-order valence-electron chi connectivity index (χ1n) is 10.1. The zero-order valence-corrected chi connectivity index (χ0v) is 17.6. The van der Waals surface area contributed by atoms with E-state index in [1.165, 1.54) is 12.1 Å². The average molecular weight is 422 g/mol. The molecule has 29 heavy (non-hydrogen) atoms. The predicted octanol–water partition coefficient (Wildman–Crippen LogP) is 3.45. The van der Waals surface area contributed by atoms with Crippen molar-refractivity contribution in [1.82, 2.24) is 15.5 Å². The number of benzene rings is 2. The highest BCUT2D eigenvalue weighted by Gasteiger charge is 2.14. The van der Waals surface area contributed by atoms with Crippen LogP contribution in [0.15, 0.2) is 36.4 Å². The van der Waals surface area contributed by atoms with Gasteiger partial charge in [0.15, 0.2) is 11.5 Å². The van der Waals surface area contributed by atoms with Gasteiger partial charge in [-0.25, -0.2) is 4.39 Å². The lowest BCUT2D eigenvalue weighted by atomic mass is 10.2. The lowest BCUT2D eigenvalue weighted by molar-refractivity contribution is 0.241. The summed E-state index contributed by atoms with van der Waals surface area (Å²) in [4.78, 5) is 2.45. The van der Waals surface area contributed by atoms with Crippen LogP contribution in [0.3, 0.4) is 0 Å². The molecule has 0 aliphatic carbocycles. The van der Waals surface area contributed by atoms with Gasteiger partial charge in [0.05, 0.1) is 11.6 Å². The Balaban J connectivity index is 1.57. The fraction of sp³-hybridized carbons (Fsp3) is 0.455. The first kappa shape index (κ1) is 21.8. The first-order valence-corrected chi connectivity index (χ1v) is 10.5. The van der Waals surface area contributed by atoms with Crippen LogP contribution in [0.2, 0.25) is 5.02 Å². The molecule has 0 aromatic heterocycles. The van der Waals surface area contributed by atoms with Crippen molar-refractivity contribution < 1.29 is 13.9 Å². The molecule has 2 N–H and O–H groups in total. The number of ether oxygens (including phenoxy) is 2. The summed E-state index contributed by atoms with van der Waals surface area (Å²) >= 11 is 6.49. The molecule has 0 unspecified atom stereocenters. The van der Waals surface area contributed by atoms with E-state index in [1.807, 2.05) is 19.1 Å². The number of nitrogens with zero attached hydrogens (tertiary/aromatic N) is 1. The molecule has 1 aliphatic rings. The van der Waals surface area contributed by atoms with E-state index < -0.39 is 0 Å². The third-order valence-electron chi connectivity index (χ3n) is 4.81. The van der Waals surface area contributed by atoms with Crippen LogP contribution in [0.25, 0.3) is 0 Å². The molecule has 2 aromatic rings. The average Bonchev–Trinajstić information content (AvgIpc) is 2.73. The van der Waals surface area contributed by atoms with Gasteiger partial charge in [0.1, 0.15) is 12.4 Å². The SMILES string of the molecule is CCOc1cc(CNCCN2CCNCC2)cc(Cl)c1OCc1ccc(F)cc1. The van der Waals surface area contributed by atoms with Gasteiger partial charge in [-0.3, -0.25) is 4.90 Å². The summed E-state index contributed by atoms with van der Waals surface area (Å²) in [7, 11) is 0. The van der Waals surface area contributed by atoms with Gasteiger partial charge in [-0.2, -0.15) is 0 Å². The lowest BCUT2D eigenvalue weighted by Crippen LogP contribution is -2.45. The van der Waals surface area contributed by atoms with E-state index in [0.717, 1.165) is 50.4 Å². The normalized spacial score (nSPS) is 14.7. The van der Waals surface area contributed by atoms with Crippen LogP contribution in [0.4, 0.5) is 4.39 Å². The van der Waals surface area contributed by atoms with Crippen molar-refractivity contribution in [3.63, 3.8) is 0 Å². The molecule has 0 saturated carbocycles. The van der Waals surface area contributed by atoms with Gasteiger partial charge in [-0.1, -0.05) is 23.7 Å². The molecule has 0 bridgehead atoms. The number of hydrogen-bond donors (Lipinski definition) is 2. The van der Waals surface area contributed by atoms with Gasteiger partial charge < -0.3 is 20.1 Å². The minimum atomic E-state index is -0.268. The smallest absolute Gasteiger partial charge is 0.180 e. The van der Waals surface area contributed by atoms with E-state index in [0.29, 0.717) is 36.3 Å². The Bertz CT molecular complexity index is 767. The molecule has 0 amide bonds. The van der Waals surface area contributed by atoms with Crippen LogP contribution < -0.4 is 20.1 Å². The molecule has 2 aromatic carbocycles. The highest BCUT2D eigenvalue weighted by atomic mass is 35.5. The first-order chi connectivity index (χ1) is 14.2. The molecule has 1 fully saturated rings. The maximum Gasteiger partial charge on any atom is 0.180 e.